The molecule has 1 N–H and O–H groups in total. The summed E-state index contributed by atoms with van der Waals surface area (Å²) in [7, 11) is 0. The number of aromatic nitrogens is 3. The van der Waals surface area contributed by atoms with Gasteiger partial charge in [-0.05, 0) is 49.8 Å². The molecule has 5 heteroatoms. The van der Waals surface area contributed by atoms with Gasteiger partial charge >= 0.3 is 0 Å². The van der Waals surface area contributed by atoms with Crippen molar-refractivity contribution in [3.05, 3.63) is 46.9 Å². The van der Waals surface area contributed by atoms with Crippen LogP contribution in [0.25, 0.3) is 16.9 Å². The quantitative estimate of drug-likeness (QED) is 0.744. The number of hydrogen-bond donors (Lipinski definition) is 1. The van der Waals surface area contributed by atoms with E-state index in [1.165, 1.54) is 0 Å². The van der Waals surface area contributed by atoms with Crippen molar-refractivity contribution in [3.8, 4) is 11.4 Å². The van der Waals surface area contributed by atoms with E-state index in [-0.39, 0.29) is 0 Å². The molecule has 2 aromatic heterocycles. The monoisotopic (exact) mass is 285 g/mol. The largest absolute Gasteiger partial charge is 0.492 e. The molecule has 0 aliphatic rings. The second-order valence-corrected chi connectivity index (χ2v) is 4.94. The smallest absolute Gasteiger partial charge is 0.184 e. The second-order valence-electron chi connectivity index (χ2n) is 4.55. The molecule has 0 aliphatic carbocycles. The number of aromatic amines is 1. The maximum Gasteiger partial charge on any atom is 0.184 e. The lowest BCUT2D eigenvalue weighted by molar-refractivity contribution is 0.339. The van der Waals surface area contributed by atoms with Crippen molar-refractivity contribution in [2.45, 2.75) is 13.8 Å². The first-order chi connectivity index (χ1) is 9.70. The van der Waals surface area contributed by atoms with Gasteiger partial charge in [-0.15, -0.1) is 0 Å². The number of fused-ring (bicyclic) bond motifs is 1. The van der Waals surface area contributed by atoms with E-state index < -0.39 is 0 Å². The summed E-state index contributed by atoms with van der Waals surface area (Å²) < 4.78 is 8.21. The lowest BCUT2D eigenvalue weighted by atomic mass is 10.2. The topological polar surface area (TPSA) is 42.8 Å². The molecule has 102 valence electrons. The summed E-state index contributed by atoms with van der Waals surface area (Å²) in [6, 6.07) is 9.87. The molecule has 0 saturated carbocycles. The van der Waals surface area contributed by atoms with E-state index in [0.29, 0.717) is 11.4 Å². The number of rotatable bonds is 3. The van der Waals surface area contributed by atoms with Gasteiger partial charge in [-0.2, -0.15) is 0 Å². The Morgan fingerprint density at radius 2 is 2.15 bits per heavy atom. The minimum absolute atomic E-state index is 0.610. The van der Waals surface area contributed by atoms with Gasteiger partial charge in [0.2, 0.25) is 0 Å². The number of ether oxygens (including phenoxy) is 1. The lowest BCUT2D eigenvalue weighted by Crippen LogP contribution is -2.01. The minimum atomic E-state index is 0.610. The first-order valence-electron chi connectivity index (χ1n) is 6.50. The summed E-state index contributed by atoms with van der Waals surface area (Å²) in [5, 5.41) is 0. The number of hydrogen-bond acceptors (Lipinski definition) is 3. The van der Waals surface area contributed by atoms with Gasteiger partial charge in [-0.3, -0.25) is 4.57 Å². The molecule has 0 amide bonds. The van der Waals surface area contributed by atoms with E-state index in [2.05, 4.69) is 9.97 Å². The van der Waals surface area contributed by atoms with Crippen LogP contribution in [0, 0.1) is 11.7 Å². The number of nitrogens with one attached hydrogen (secondary N) is 1. The number of aryl methyl sites for hydroxylation is 1. The number of benzene rings is 1. The molecule has 0 fully saturated rings. The summed E-state index contributed by atoms with van der Waals surface area (Å²) in [5.74, 6) is 0.800. The molecule has 0 bridgehead atoms. The van der Waals surface area contributed by atoms with Gasteiger partial charge in [0.25, 0.3) is 0 Å². The number of nitrogens with zero attached hydrogens (tertiary/aromatic N) is 2. The van der Waals surface area contributed by atoms with Crippen molar-refractivity contribution in [2.75, 3.05) is 6.61 Å². The highest BCUT2D eigenvalue weighted by atomic mass is 32.1. The van der Waals surface area contributed by atoms with Crippen LogP contribution in [0.2, 0.25) is 0 Å². The van der Waals surface area contributed by atoms with Crippen LogP contribution in [0.4, 0.5) is 0 Å². The maximum atomic E-state index is 5.68. The van der Waals surface area contributed by atoms with Crippen molar-refractivity contribution in [2.24, 2.45) is 0 Å². The molecule has 3 aromatic rings. The van der Waals surface area contributed by atoms with Crippen LogP contribution < -0.4 is 4.74 Å². The fraction of sp³-hybridized carbons (Fsp3) is 0.200. The Bertz CT molecular complexity index is 819. The van der Waals surface area contributed by atoms with Gasteiger partial charge in [0.05, 0.1) is 17.8 Å². The standard InChI is InChI=1S/C15H15N3OS/c1-3-19-13-7-5-4-6-12(13)18-14-11(17-15(18)20)8-10(2)9-16-14/h4-9H,3H2,1-2H3,(H,17,20). The number of pyridine rings is 1. The molecule has 0 radical (unpaired) electrons. The van der Waals surface area contributed by atoms with Crippen molar-refractivity contribution in [1.82, 2.24) is 14.5 Å². The van der Waals surface area contributed by atoms with Crippen molar-refractivity contribution in [1.29, 1.82) is 0 Å². The normalized spacial score (nSPS) is 10.9. The molecule has 0 saturated heterocycles. The second kappa shape index (κ2) is 5.09. The van der Waals surface area contributed by atoms with Gasteiger partial charge in [0.1, 0.15) is 5.75 Å². The summed E-state index contributed by atoms with van der Waals surface area (Å²) in [6.07, 6.45) is 1.84. The summed E-state index contributed by atoms with van der Waals surface area (Å²) in [6.45, 7) is 4.58. The number of para-hydroxylation sites is 2. The molecular weight excluding hydrogens is 270 g/mol. The lowest BCUT2D eigenvalue weighted by Gasteiger charge is -2.11. The Balaban J connectivity index is 2.30. The molecule has 3 rings (SSSR count). The zero-order chi connectivity index (χ0) is 14.1. The van der Waals surface area contributed by atoms with Crippen LogP contribution in [0.15, 0.2) is 36.5 Å². The van der Waals surface area contributed by atoms with Crippen molar-refractivity contribution < 1.29 is 4.74 Å². The van der Waals surface area contributed by atoms with Crippen molar-refractivity contribution in [3.63, 3.8) is 0 Å². The SMILES string of the molecule is CCOc1ccccc1-n1c(=S)[nH]c2cc(C)cnc21. The van der Waals surface area contributed by atoms with E-state index >= 15 is 0 Å². The summed E-state index contributed by atoms with van der Waals surface area (Å²) in [4.78, 5) is 7.68. The van der Waals surface area contributed by atoms with Gasteiger partial charge in [-0.25, -0.2) is 4.98 Å². The predicted molar refractivity (Wildman–Crippen MR) is 82.2 cm³/mol. The molecule has 0 spiro atoms. The first-order valence-corrected chi connectivity index (χ1v) is 6.91. The predicted octanol–water partition coefficient (Wildman–Crippen LogP) is 3.79. The zero-order valence-corrected chi connectivity index (χ0v) is 12.2. The third-order valence-corrected chi connectivity index (χ3v) is 3.35. The Kier molecular flexibility index (Phi) is 3.28. The third-order valence-electron chi connectivity index (χ3n) is 3.07. The molecule has 0 aliphatic heterocycles. The molecular formula is C15H15N3OS. The maximum absolute atomic E-state index is 5.68. The molecule has 1 aromatic carbocycles. The van der Waals surface area contributed by atoms with Crippen molar-refractivity contribution >= 4 is 23.4 Å². The van der Waals surface area contributed by atoms with Gasteiger partial charge < -0.3 is 9.72 Å². The Labute approximate surface area is 122 Å². The Hall–Kier alpha value is -2.14. The fourth-order valence-electron chi connectivity index (χ4n) is 2.24. The number of imidazole rings is 1. The fourth-order valence-corrected chi connectivity index (χ4v) is 2.54. The van der Waals surface area contributed by atoms with E-state index in [9.17, 15) is 0 Å². The van der Waals surface area contributed by atoms with Crippen LogP contribution in [-0.2, 0) is 0 Å². The highest BCUT2D eigenvalue weighted by molar-refractivity contribution is 7.71. The van der Waals surface area contributed by atoms with E-state index in [0.717, 1.165) is 28.2 Å². The first kappa shape index (κ1) is 12.9. The van der Waals surface area contributed by atoms with E-state index in [1.807, 2.05) is 54.9 Å². The summed E-state index contributed by atoms with van der Waals surface area (Å²) in [5.41, 5.74) is 3.75. The molecule has 0 unspecified atom stereocenters. The molecule has 2 heterocycles. The van der Waals surface area contributed by atoms with Crippen LogP contribution in [0.3, 0.4) is 0 Å². The van der Waals surface area contributed by atoms with Crippen LogP contribution in [0.1, 0.15) is 12.5 Å². The highest BCUT2D eigenvalue weighted by Gasteiger charge is 2.11. The van der Waals surface area contributed by atoms with Crippen LogP contribution in [0.5, 0.6) is 5.75 Å². The average Bonchev–Trinajstić information content (AvgIpc) is 2.75. The Morgan fingerprint density at radius 3 is 2.95 bits per heavy atom. The number of H-pyrrole nitrogens is 1. The molecule has 0 atom stereocenters. The third kappa shape index (κ3) is 2.10. The zero-order valence-electron chi connectivity index (χ0n) is 11.4. The highest BCUT2D eigenvalue weighted by Crippen LogP contribution is 2.26. The van der Waals surface area contributed by atoms with E-state index in [4.69, 9.17) is 17.0 Å². The van der Waals surface area contributed by atoms with E-state index in [1.54, 1.807) is 0 Å². The summed E-state index contributed by atoms with van der Waals surface area (Å²) >= 11 is 5.43. The molecule has 4 nitrogen and oxygen atoms in total. The van der Waals surface area contributed by atoms with Gasteiger partial charge in [0, 0.05) is 6.20 Å². The average molecular weight is 285 g/mol. The van der Waals surface area contributed by atoms with Crippen LogP contribution in [-0.4, -0.2) is 21.1 Å². The van der Waals surface area contributed by atoms with Crippen LogP contribution >= 0.6 is 12.2 Å². The Morgan fingerprint density at radius 1 is 1.35 bits per heavy atom. The van der Waals surface area contributed by atoms with Gasteiger partial charge in [0.15, 0.2) is 10.4 Å². The molecule has 20 heavy (non-hydrogen) atoms. The minimum Gasteiger partial charge on any atom is -0.492 e. The van der Waals surface area contributed by atoms with Gasteiger partial charge in [-0.1, -0.05) is 12.1 Å².